The summed E-state index contributed by atoms with van der Waals surface area (Å²) in [6, 6.07) is 1.84. The van der Waals surface area contributed by atoms with E-state index in [9.17, 15) is 18.0 Å². The lowest BCUT2D eigenvalue weighted by molar-refractivity contribution is -0.137. The number of thiazole rings is 1. The average molecular weight is 418 g/mol. The number of pyridine rings is 1. The molecule has 0 aliphatic rings. The molecule has 0 aliphatic heterocycles. The number of aromatic nitrogens is 4. The number of hydrogen-bond acceptors (Lipinski definition) is 7. The molecule has 0 aliphatic carbocycles. The molecule has 142 valence electrons. The van der Waals surface area contributed by atoms with Crippen molar-refractivity contribution >= 4 is 28.6 Å². The van der Waals surface area contributed by atoms with E-state index in [2.05, 4.69) is 20.4 Å². The van der Waals surface area contributed by atoms with Gasteiger partial charge < -0.3 is 10.4 Å². The lowest BCUT2D eigenvalue weighted by Gasteiger charge is -2.10. The maximum atomic E-state index is 12.6. The molecule has 0 spiro atoms. The fourth-order valence-electron chi connectivity index (χ4n) is 2.07. The van der Waals surface area contributed by atoms with Crippen LogP contribution in [0.5, 0.6) is 0 Å². The van der Waals surface area contributed by atoms with Crippen LogP contribution in [0.1, 0.15) is 16.3 Å². The Morgan fingerprint density at radius 2 is 2.07 bits per heavy atom. The summed E-state index contributed by atoms with van der Waals surface area (Å²) in [6.45, 7) is 0.0863. The van der Waals surface area contributed by atoms with Gasteiger partial charge in [-0.05, 0) is 12.1 Å². The summed E-state index contributed by atoms with van der Waals surface area (Å²) in [5.74, 6) is -0.0889. The first-order valence-electron chi connectivity index (χ1n) is 7.39. The summed E-state index contributed by atoms with van der Waals surface area (Å²) in [7, 11) is 0. The van der Waals surface area contributed by atoms with Gasteiger partial charge in [-0.1, -0.05) is 11.6 Å². The maximum absolute atomic E-state index is 12.6. The van der Waals surface area contributed by atoms with E-state index in [4.69, 9.17) is 16.7 Å². The zero-order valence-electron chi connectivity index (χ0n) is 13.4. The SMILES string of the molecule is O=c1c(Cl)c(NCc2nc(CO)cs2)cnn1-c1ccc(C(F)(F)F)cn1. The second kappa shape index (κ2) is 7.62. The fourth-order valence-corrected chi connectivity index (χ4v) is 2.99. The number of aliphatic hydroxyl groups excluding tert-OH is 1. The molecule has 12 heteroatoms. The summed E-state index contributed by atoms with van der Waals surface area (Å²) >= 11 is 7.37. The number of alkyl halides is 3. The van der Waals surface area contributed by atoms with Crippen LogP contribution in [-0.4, -0.2) is 24.9 Å². The highest BCUT2D eigenvalue weighted by atomic mass is 35.5. The minimum atomic E-state index is -4.53. The number of nitrogens with zero attached hydrogens (tertiary/aromatic N) is 4. The highest BCUT2D eigenvalue weighted by Crippen LogP contribution is 2.28. The smallest absolute Gasteiger partial charge is 0.390 e. The van der Waals surface area contributed by atoms with E-state index in [0.29, 0.717) is 16.9 Å². The van der Waals surface area contributed by atoms with Gasteiger partial charge in [0.1, 0.15) is 10.0 Å². The second-order valence-electron chi connectivity index (χ2n) is 5.24. The van der Waals surface area contributed by atoms with Crippen LogP contribution >= 0.6 is 22.9 Å². The summed E-state index contributed by atoms with van der Waals surface area (Å²) in [5.41, 5.74) is -0.895. The molecule has 3 rings (SSSR count). The minimum Gasteiger partial charge on any atom is -0.390 e. The molecular weight excluding hydrogens is 407 g/mol. The molecule has 3 aromatic rings. The molecular formula is C15H11ClF3N5O2S. The first-order valence-corrected chi connectivity index (χ1v) is 8.65. The Balaban J connectivity index is 1.81. The summed E-state index contributed by atoms with van der Waals surface area (Å²) < 4.78 is 38.6. The van der Waals surface area contributed by atoms with Crippen LogP contribution in [0.2, 0.25) is 5.02 Å². The normalized spacial score (nSPS) is 11.6. The standard InChI is InChI=1S/C15H11ClF3N5O2S/c16-13-10(20-5-12-23-9(6-25)7-27-12)4-22-24(14(13)26)11-2-1-8(3-21-11)15(17,18)19/h1-4,7,20,25H,5-6H2. The zero-order valence-corrected chi connectivity index (χ0v) is 14.9. The van der Waals surface area contributed by atoms with Crippen molar-refractivity contribution in [3.05, 3.63) is 61.5 Å². The van der Waals surface area contributed by atoms with Crippen molar-refractivity contribution in [2.45, 2.75) is 19.3 Å². The summed E-state index contributed by atoms with van der Waals surface area (Å²) in [5, 5.41) is 18.0. The molecule has 0 fully saturated rings. The molecule has 0 saturated carbocycles. The van der Waals surface area contributed by atoms with E-state index in [1.165, 1.54) is 17.5 Å². The molecule has 0 atom stereocenters. The first-order chi connectivity index (χ1) is 12.8. The molecule has 27 heavy (non-hydrogen) atoms. The monoisotopic (exact) mass is 417 g/mol. The predicted molar refractivity (Wildman–Crippen MR) is 93.0 cm³/mol. The van der Waals surface area contributed by atoms with Crippen molar-refractivity contribution in [3.8, 4) is 5.82 Å². The number of anilines is 1. The third-order valence-corrected chi connectivity index (χ3v) is 4.67. The fraction of sp³-hybridized carbons (Fsp3) is 0.200. The van der Waals surface area contributed by atoms with Gasteiger partial charge >= 0.3 is 6.18 Å². The Morgan fingerprint density at radius 3 is 2.67 bits per heavy atom. The molecule has 2 N–H and O–H groups in total. The third-order valence-electron chi connectivity index (χ3n) is 3.40. The van der Waals surface area contributed by atoms with E-state index >= 15 is 0 Å². The van der Waals surface area contributed by atoms with E-state index in [1.54, 1.807) is 5.38 Å². The summed E-state index contributed by atoms with van der Waals surface area (Å²) in [4.78, 5) is 20.1. The lowest BCUT2D eigenvalue weighted by atomic mass is 10.3. The van der Waals surface area contributed by atoms with Gasteiger partial charge in [0.25, 0.3) is 5.56 Å². The average Bonchev–Trinajstić information content (AvgIpc) is 3.10. The van der Waals surface area contributed by atoms with E-state index in [-0.39, 0.29) is 29.7 Å². The van der Waals surface area contributed by atoms with Gasteiger partial charge in [0.05, 0.1) is 36.3 Å². The molecule has 0 amide bonds. The van der Waals surface area contributed by atoms with Crippen LogP contribution in [0.15, 0.2) is 34.7 Å². The van der Waals surface area contributed by atoms with Crippen LogP contribution in [0.4, 0.5) is 18.9 Å². The Labute approximate surface area is 159 Å². The van der Waals surface area contributed by atoms with Crippen molar-refractivity contribution in [2.24, 2.45) is 0 Å². The van der Waals surface area contributed by atoms with Gasteiger partial charge in [-0.3, -0.25) is 4.79 Å². The largest absolute Gasteiger partial charge is 0.417 e. The van der Waals surface area contributed by atoms with Crippen molar-refractivity contribution < 1.29 is 18.3 Å². The number of hydrogen-bond donors (Lipinski definition) is 2. The van der Waals surface area contributed by atoms with Gasteiger partial charge in [-0.25, -0.2) is 9.97 Å². The van der Waals surface area contributed by atoms with E-state index in [0.717, 1.165) is 16.8 Å². The van der Waals surface area contributed by atoms with Gasteiger partial charge in [-0.2, -0.15) is 23.0 Å². The van der Waals surface area contributed by atoms with Gasteiger partial charge in [0, 0.05) is 11.6 Å². The third kappa shape index (κ3) is 4.26. The maximum Gasteiger partial charge on any atom is 0.417 e. The topological polar surface area (TPSA) is 92.9 Å². The van der Waals surface area contributed by atoms with Crippen molar-refractivity contribution in [1.29, 1.82) is 0 Å². The van der Waals surface area contributed by atoms with Gasteiger partial charge in [0.2, 0.25) is 0 Å². The van der Waals surface area contributed by atoms with E-state index in [1.807, 2.05) is 0 Å². The predicted octanol–water partition coefficient (Wildman–Crippen LogP) is 2.86. The number of nitrogens with one attached hydrogen (secondary N) is 1. The molecule has 3 heterocycles. The lowest BCUT2D eigenvalue weighted by Crippen LogP contribution is -2.23. The van der Waals surface area contributed by atoms with Crippen molar-refractivity contribution in [2.75, 3.05) is 5.32 Å². The van der Waals surface area contributed by atoms with E-state index < -0.39 is 17.3 Å². The molecule has 0 radical (unpaired) electrons. The Morgan fingerprint density at radius 1 is 1.30 bits per heavy atom. The van der Waals surface area contributed by atoms with Crippen LogP contribution in [0.3, 0.4) is 0 Å². The Hall–Kier alpha value is -2.50. The highest BCUT2D eigenvalue weighted by Gasteiger charge is 2.30. The molecule has 0 saturated heterocycles. The van der Waals surface area contributed by atoms with Crippen LogP contribution in [0.25, 0.3) is 5.82 Å². The molecule has 3 aromatic heterocycles. The van der Waals surface area contributed by atoms with Gasteiger partial charge in [0.15, 0.2) is 5.82 Å². The van der Waals surface area contributed by atoms with Gasteiger partial charge in [-0.15, -0.1) is 11.3 Å². The highest BCUT2D eigenvalue weighted by molar-refractivity contribution is 7.09. The second-order valence-corrected chi connectivity index (χ2v) is 6.56. The Kier molecular flexibility index (Phi) is 5.44. The quantitative estimate of drug-likeness (QED) is 0.663. The molecule has 0 bridgehead atoms. The number of rotatable bonds is 5. The molecule has 0 aromatic carbocycles. The van der Waals surface area contributed by atoms with Crippen LogP contribution in [0, 0.1) is 0 Å². The van der Waals surface area contributed by atoms with Crippen molar-refractivity contribution in [1.82, 2.24) is 19.7 Å². The summed E-state index contributed by atoms with van der Waals surface area (Å²) in [6.07, 6.45) is -2.64. The van der Waals surface area contributed by atoms with Crippen LogP contribution < -0.4 is 10.9 Å². The zero-order chi connectivity index (χ0) is 19.6. The Bertz CT molecular complexity index is 1000. The molecule has 0 unspecified atom stereocenters. The minimum absolute atomic E-state index is 0.0889. The molecule has 7 nitrogen and oxygen atoms in total. The number of aliphatic hydroxyl groups is 1. The van der Waals surface area contributed by atoms with Crippen LogP contribution in [-0.2, 0) is 19.3 Å². The number of halogens is 4. The first kappa shape index (κ1) is 19.3. The van der Waals surface area contributed by atoms with Crippen molar-refractivity contribution in [3.63, 3.8) is 0 Å².